The summed E-state index contributed by atoms with van der Waals surface area (Å²) in [5.41, 5.74) is 0. The third-order valence-electron chi connectivity index (χ3n) is 3.23. The van der Waals surface area contributed by atoms with Crippen molar-refractivity contribution in [1.29, 1.82) is 0 Å². The van der Waals surface area contributed by atoms with E-state index in [-0.39, 0.29) is 29.7 Å². The van der Waals surface area contributed by atoms with Crippen LogP contribution < -0.4 is 0 Å². The van der Waals surface area contributed by atoms with Crippen LogP contribution in [0.3, 0.4) is 0 Å². The van der Waals surface area contributed by atoms with Gasteiger partial charge in [0.25, 0.3) is 0 Å². The van der Waals surface area contributed by atoms with Crippen LogP contribution in [0.4, 0.5) is 0 Å². The second kappa shape index (κ2) is 16.0. The molecule has 120 valence electrons. The maximum atomic E-state index is 10.3. The first-order valence-corrected chi connectivity index (χ1v) is 9.04. The Balaban J connectivity index is 0. The molecule has 4 nitrogen and oxygen atoms in total. The lowest BCUT2D eigenvalue weighted by Gasteiger charge is -2.02. The molecule has 0 aromatic rings. The molecule has 0 aliphatic rings. The zero-order valence-corrected chi connectivity index (χ0v) is 13.1. The summed E-state index contributed by atoms with van der Waals surface area (Å²) in [6, 6.07) is 0. The summed E-state index contributed by atoms with van der Waals surface area (Å²) in [5, 5.41) is 0. The van der Waals surface area contributed by atoms with Crippen LogP contribution in [-0.2, 0) is 14.6 Å². The molecule has 0 saturated heterocycles. The molecule has 0 atom stereocenters. The fraction of sp³-hybridized carbons (Fsp3) is 1.00. The molecule has 0 rings (SSSR count). The highest BCUT2D eigenvalue weighted by molar-refractivity contribution is 7.80. The lowest BCUT2D eigenvalue weighted by atomic mass is 10.1. The van der Waals surface area contributed by atoms with Gasteiger partial charge >= 0.3 is 33.5 Å². The lowest BCUT2D eigenvalue weighted by Crippen LogP contribution is -2.04. The van der Waals surface area contributed by atoms with Crippen LogP contribution in [0.15, 0.2) is 0 Å². The normalized spacial score (nSPS) is 11.3. The van der Waals surface area contributed by atoms with Gasteiger partial charge in [-0.25, -0.2) is 4.18 Å². The Kier molecular flexibility index (Phi) is 18.3. The van der Waals surface area contributed by atoms with Crippen molar-refractivity contribution in [3.63, 3.8) is 0 Å². The van der Waals surface area contributed by atoms with E-state index < -0.39 is 10.4 Å². The summed E-state index contributed by atoms with van der Waals surface area (Å²) in [6.07, 6.45) is 14.7. The molecular weight excluding hydrogens is 289 g/mol. The first-order chi connectivity index (χ1) is 9.06. The first-order valence-electron chi connectivity index (χ1n) is 7.68. The van der Waals surface area contributed by atoms with Gasteiger partial charge in [-0.15, -0.1) is 0 Å². The Hall–Kier alpha value is 0.636. The summed E-state index contributed by atoms with van der Waals surface area (Å²) in [4.78, 5) is 0. The molecule has 0 amide bonds. The quantitative estimate of drug-likeness (QED) is 0.302. The second-order valence-corrected chi connectivity index (χ2v) is 6.23. The van der Waals surface area contributed by atoms with E-state index in [1.807, 2.05) is 0 Å². The minimum absolute atomic E-state index is 0. The first kappa shape index (κ1) is 22.9. The predicted molar refractivity (Wildman–Crippen MR) is 87.1 cm³/mol. The third-order valence-corrected chi connectivity index (χ3v) is 3.69. The van der Waals surface area contributed by atoms with E-state index in [1.54, 1.807) is 0 Å². The molecule has 0 heterocycles. The number of unbranched alkanes of at least 4 members (excludes halogenated alkanes) is 11. The highest BCUT2D eigenvalue weighted by Crippen LogP contribution is 2.11. The molecular formula is C14H32MgO4S. The molecule has 20 heavy (non-hydrogen) atoms. The summed E-state index contributed by atoms with van der Waals surface area (Å²) < 4.78 is 33.1. The van der Waals surface area contributed by atoms with Crippen molar-refractivity contribution in [2.45, 2.75) is 84.0 Å². The molecule has 0 aromatic carbocycles. The fourth-order valence-corrected chi connectivity index (χ4v) is 2.44. The molecule has 0 aliphatic heterocycles. The Labute approximate surface area is 141 Å². The van der Waals surface area contributed by atoms with Crippen LogP contribution in [-0.4, -0.2) is 42.6 Å². The third kappa shape index (κ3) is 20.9. The van der Waals surface area contributed by atoms with Crippen molar-refractivity contribution in [2.24, 2.45) is 0 Å². The van der Waals surface area contributed by atoms with Gasteiger partial charge in [-0.2, -0.15) is 8.42 Å². The summed E-state index contributed by atoms with van der Waals surface area (Å²) in [6.45, 7) is 2.33. The molecule has 0 aliphatic carbocycles. The zero-order chi connectivity index (χ0) is 14.4. The van der Waals surface area contributed by atoms with E-state index in [9.17, 15) is 8.42 Å². The molecule has 1 N–H and O–H groups in total. The van der Waals surface area contributed by atoms with E-state index in [0.29, 0.717) is 6.42 Å². The highest BCUT2D eigenvalue weighted by Gasteiger charge is 2.02. The van der Waals surface area contributed by atoms with Gasteiger partial charge in [0.05, 0.1) is 6.61 Å². The van der Waals surface area contributed by atoms with Gasteiger partial charge in [0.1, 0.15) is 0 Å². The van der Waals surface area contributed by atoms with Crippen LogP contribution in [0, 0.1) is 0 Å². The van der Waals surface area contributed by atoms with E-state index in [1.165, 1.54) is 57.8 Å². The average Bonchev–Trinajstić information content (AvgIpc) is 2.34. The maximum absolute atomic E-state index is 10.3. The van der Waals surface area contributed by atoms with E-state index in [0.717, 1.165) is 12.8 Å². The van der Waals surface area contributed by atoms with Crippen molar-refractivity contribution < 1.29 is 17.2 Å². The molecule has 0 saturated carbocycles. The monoisotopic (exact) mass is 320 g/mol. The van der Waals surface area contributed by atoms with Crippen molar-refractivity contribution in [1.82, 2.24) is 0 Å². The van der Waals surface area contributed by atoms with Crippen LogP contribution in [0.2, 0.25) is 0 Å². The molecule has 0 spiro atoms. The molecule has 0 unspecified atom stereocenters. The van der Waals surface area contributed by atoms with Crippen molar-refractivity contribution in [3.8, 4) is 0 Å². The number of hydrogen-bond acceptors (Lipinski definition) is 3. The smallest absolute Gasteiger partial charge is 0.264 e. The van der Waals surface area contributed by atoms with Gasteiger partial charge in [0, 0.05) is 0 Å². The largest absolute Gasteiger partial charge is 0.397 e. The van der Waals surface area contributed by atoms with Gasteiger partial charge in [-0.3, -0.25) is 4.55 Å². The Bertz CT molecular complexity index is 281. The highest BCUT2D eigenvalue weighted by atomic mass is 32.3. The lowest BCUT2D eigenvalue weighted by molar-refractivity contribution is 0.261. The molecule has 0 fully saturated rings. The van der Waals surface area contributed by atoms with Crippen molar-refractivity contribution in [2.75, 3.05) is 6.61 Å². The van der Waals surface area contributed by atoms with Gasteiger partial charge in [-0.05, 0) is 6.42 Å². The van der Waals surface area contributed by atoms with Crippen LogP contribution in [0.1, 0.15) is 84.0 Å². The topological polar surface area (TPSA) is 63.6 Å². The Morgan fingerprint density at radius 2 is 1.10 bits per heavy atom. The van der Waals surface area contributed by atoms with Crippen molar-refractivity contribution >= 4 is 33.5 Å². The van der Waals surface area contributed by atoms with Crippen LogP contribution >= 0.6 is 0 Å². The molecule has 6 heteroatoms. The van der Waals surface area contributed by atoms with Gasteiger partial charge in [0.15, 0.2) is 0 Å². The Morgan fingerprint density at radius 3 is 1.45 bits per heavy atom. The maximum Gasteiger partial charge on any atom is 0.397 e. The number of hydrogen-bond donors (Lipinski definition) is 1. The number of rotatable bonds is 14. The zero-order valence-electron chi connectivity index (χ0n) is 12.3. The Morgan fingerprint density at radius 1 is 0.750 bits per heavy atom. The van der Waals surface area contributed by atoms with Gasteiger partial charge in [-0.1, -0.05) is 77.6 Å². The molecule has 0 radical (unpaired) electrons. The molecule has 0 aromatic heterocycles. The molecule has 0 bridgehead atoms. The van der Waals surface area contributed by atoms with E-state index >= 15 is 0 Å². The van der Waals surface area contributed by atoms with Gasteiger partial charge < -0.3 is 0 Å². The minimum Gasteiger partial charge on any atom is -0.264 e. The average molecular weight is 321 g/mol. The minimum atomic E-state index is -4.24. The summed E-state index contributed by atoms with van der Waals surface area (Å²) in [5.74, 6) is 0. The van der Waals surface area contributed by atoms with E-state index in [4.69, 9.17) is 4.55 Å². The predicted octanol–water partition coefficient (Wildman–Crippen LogP) is 3.59. The standard InChI is InChI=1S/C14H30O4S.Mg.2H/c1-2-3-4-5-6-7-8-9-10-11-12-13-14-18-19(15,16)17;;;/h2-14H2,1H3,(H,15,16,17);;;. The van der Waals surface area contributed by atoms with E-state index in [2.05, 4.69) is 11.1 Å². The SMILES string of the molecule is CCCCCCCCCCCCCCOS(=O)(=O)O.[MgH2]. The van der Waals surface area contributed by atoms with Crippen molar-refractivity contribution in [3.05, 3.63) is 0 Å². The van der Waals surface area contributed by atoms with Crippen LogP contribution in [0.25, 0.3) is 0 Å². The summed E-state index contributed by atoms with van der Waals surface area (Å²) >= 11 is 0. The second-order valence-electron chi connectivity index (χ2n) is 5.14. The van der Waals surface area contributed by atoms with Crippen LogP contribution in [0.5, 0.6) is 0 Å². The summed E-state index contributed by atoms with van der Waals surface area (Å²) in [7, 11) is -4.24. The fourth-order valence-electron chi connectivity index (χ4n) is 2.11. The van der Waals surface area contributed by atoms with Gasteiger partial charge in [0.2, 0.25) is 0 Å².